The van der Waals surface area contributed by atoms with E-state index in [4.69, 9.17) is 16.3 Å². The van der Waals surface area contributed by atoms with E-state index >= 15 is 0 Å². The van der Waals surface area contributed by atoms with Crippen molar-refractivity contribution in [1.29, 1.82) is 0 Å². The van der Waals surface area contributed by atoms with Crippen molar-refractivity contribution in [3.8, 4) is 0 Å². The summed E-state index contributed by atoms with van der Waals surface area (Å²) < 4.78 is 44.2. The number of carbonyl (C=O) groups is 1. The number of nitrogens with one attached hydrogen (secondary N) is 1. The number of amides is 1. The van der Waals surface area contributed by atoms with E-state index in [9.17, 15) is 18.0 Å². The number of hydrogen-bond acceptors (Lipinski definition) is 4. The molecule has 5 nitrogen and oxygen atoms in total. The van der Waals surface area contributed by atoms with Crippen LogP contribution in [0.4, 0.5) is 13.2 Å². The third-order valence-electron chi connectivity index (χ3n) is 3.94. The molecule has 29 heavy (non-hydrogen) atoms. The molecule has 0 saturated heterocycles. The van der Waals surface area contributed by atoms with Crippen LogP contribution in [-0.2, 0) is 16.1 Å². The van der Waals surface area contributed by atoms with E-state index in [0.29, 0.717) is 12.2 Å². The lowest BCUT2D eigenvalue weighted by molar-refractivity contribution is -0.174. The second-order valence-electron chi connectivity index (χ2n) is 6.02. The third-order valence-corrected chi connectivity index (χ3v) is 4.23. The van der Waals surface area contributed by atoms with Crippen LogP contribution in [0.15, 0.2) is 71.9 Å². The van der Waals surface area contributed by atoms with Crippen molar-refractivity contribution in [2.75, 3.05) is 0 Å². The molecule has 150 valence electrons. The predicted molar refractivity (Wildman–Crippen MR) is 99.5 cm³/mol. The van der Waals surface area contributed by atoms with Crippen molar-refractivity contribution in [2.24, 2.45) is 0 Å². The van der Waals surface area contributed by atoms with Crippen molar-refractivity contribution in [3.05, 3.63) is 88.4 Å². The number of alkyl halides is 3. The normalized spacial score (nSPS) is 14.6. The zero-order valence-electron chi connectivity index (χ0n) is 14.9. The molecule has 0 fully saturated rings. The van der Waals surface area contributed by atoms with Gasteiger partial charge in [-0.25, -0.2) is 4.98 Å². The minimum atomic E-state index is -5.07. The highest BCUT2D eigenvalue weighted by Gasteiger charge is 2.41. The molecule has 0 radical (unpaired) electrons. The zero-order chi connectivity index (χ0) is 20.9. The monoisotopic (exact) mass is 421 g/mol. The molecule has 1 unspecified atom stereocenters. The van der Waals surface area contributed by atoms with Crippen LogP contribution in [0.25, 0.3) is 0 Å². The smallest absolute Gasteiger partial charge is 0.471 e. The fourth-order valence-corrected chi connectivity index (χ4v) is 2.80. The van der Waals surface area contributed by atoms with Gasteiger partial charge in [-0.05, 0) is 5.56 Å². The minimum absolute atomic E-state index is 0.0248. The van der Waals surface area contributed by atoms with Gasteiger partial charge in [0, 0.05) is 24.4 Å². The summed E-state index contributed by atoms with van der Waals surface area (Å²) in [5.74, 6) is -1.71. The highest BCUT2D eigenvalue weighted by molar-refractivity contribution is 6.30. The molecule has 1 aliphatic carbocycles. The molecule has 1 aromatic carbocycles. The highest BCUT2D eigenvalue weighted by atomic mass is 35.5. The molecule has 1 atom stereocenters. The standard InChI is InChI=1S/C20H15ClF3N3O2/c21-18-17(25-9-10-26-18)16(27-19(28)20(22,23)24)14-7-4-8-15(11-14)29-12-13-5-2-1-3-6-13/h1-7,9-10,16H,8,12H2,(H,27,28). The summed E-state index contributed by atoms with van der Waals surface area (Å²) in [6.07, 6.45) is 1.15. The number of nitrogens with zero attached hydrogens (tertiary/aromatic N) is 2. The number of benzene rings is 1. The van der Waals surface area contributed by atoms with Gasteiger partial charge in [-0.3, -0.25) is 9.78 Å². The van der Waals surface area contributed by atoms with E-state index in [2.05, 4.69) is 15.7 Å². The molecule has 0 bridgehead atoms. The van der Waals surface area contributed by atoms with Gasteiger partial charge in [0.05, 0.1) is 0 Å². The summed E-state index contributed by atoms with van der Waals surface area (Å²) in [7, 11) is 0. The number of halogens is 4. The summed E-state index contributed by atoms with van der Waals surface area (Å²) in [4.78, 5) is 19.4. The van der Waals surface area contributed by atoms with Crippen LogP contribution in [0.3, 0.4) is 0 Å². The molecule has 1 N–H and O–H groups in total. The molecule has 1 heterocycles. The highest BCUT2D eigenvalue weighted by Crippen LogP contribution is 2.29. The molecule has 1 aromatic heterocycles. The van der Waals surface area contributed by atoms with Gasteiger partial charge in [0.15, 0.2) is 5.15 Å². The van der Waals surface area contributed by atoms with E-state index in [-0.39, 0.29) is 23.0 Å². The molecule has 1 amide bonds. The van der Waals surface area contributed by atoms with Gasteiger partial charge >= 0.3 is 12.1 Å². The molecule has 9 heteroatoms. The molecule has 0 aliphatic heterocycles. The SMILES string of the molecule is O=C(NC(C1=C=C(OCc2ccccc2)CC=C1)c1nccnc1Cl)C(F)(F)F. The number of hydrogen-bond donors (Lipinski definition) is 1. The minimum Gasteiger partial charge on any atom is -0.485 e. The molecule has 2 aromatic rings. The third kappa shape index (κ3) is 5.47. The summed E-state index contributed by atoms with van der Waals surface area (Å²) in [5.41, 5.74) is 4.05. The van der Waals surface area contributed by atoms with Crippen LogP contribution in [-0.4, -0.2) is 22.1 Å². The lowest BCUT2D eigenvalue weighted by Gasteiger charge is -2.21. The number of carbonyl (C=O) groups excluding carboxylic acids is 1. The maximum absolute atomic E-state index is 12.8. The maximum Gasteiger partial charge on any atom is 0.471 e. The fourth-order valence-electron chi connectivity index (χ4n) is 2.59. The number of rotatable bonds is 6. The number of ether oxygens (including phenoxy) is 1. The van der Waals surface area contributed by atoms with Gasteiger partial charge in [0.1, 0.15) is 24.1 Å². The quantitative estimate of drug-likeness (QED) is 0.700. The average molecular weight is 422 g/mol. The molecular weight excluding hydrogens is 407 g/mol. The molecule has 1 aliphatic rings. The largest absolute Gasteiger partial charge is 0.485 e. The lowest BCUT2D eigenvalue weighted by Crippen LogP contribution is -2.40. The average Bonchev–Trinajstić information content (AvgIpc) is 2.71. The second-order valence-corrected chi connectivity index (χ2v) is 6.38. The summed E-state index contributed by atoms with van der Waals surface area (Å²) in [5, 5.41) is 1.78. The van der Waals surface area contributed by atoms with Crippen molar-refractivity contribution in [3.63, 3.8) is 0 Å². The molecule has 0 spiro atoms. The first kappa shape index (κ1) is 20.6. The first-order chi connectivity index (χ1) is 13.8. The van der Waals surface area contributed by atoms with E-state index < -0.39 is 18.1 Å². The van der Waals surface area contributed by atoms with Crippen molar-refractivity contribution < 1.29 is 22.7 Å². The van der Waals surface area contributed by atoms with Gasteiger partial charge in [-0.15, -0.1) is 0 Å². The molecule has 0 saturated carbocycles. The molecular formula is C20H15ClF3N3O2. The Morgan fingerprint density at radius 1 is 1.24 bits per heavy atom. The summed E-state index contributed by atoms with van der Waals surface area (Å²) >= 11 is 6.00. The van der Waals surface area contributed by atoms with Crippen LogP contribution in [0.2, 0.25) is 5.15 Å². The Kier molecular flexibility index (Phi) is 6.36. The van der Waals surface area contributed by atoms with Gasteiger partial charge in [-0.1, -0.05) is 59.8 Å². The van der Waals surface area contributed by atoms with E-state index in [1.807, 2.05) is 35.6 Å². The first-order valence-electron chi connectivity index (χ1n) is 8.51. The first-order valence-corrected chi connectivity index (χ1v) is 8.89. The predicted octanol–water partition coefficient (Wildman–Crippen LogP) is 4.44. The summed E-state index contributed by atoms with van der Waals surface area (Å²) in [6.45, 7) is 0.274. The van der Waals surface area contributed by atoms with Gasteiger partial charge in [0.2, 0.25) is 0 Å². The van der Waals surface area contributed by atoms with Crippen LogP contribution in [0.5, 0.6) is 0 Å². The second kappa shape index (κ2) is 8.94. The Labute approximate surface area is 169 Å². The Morgan fingerprint density at radius 2 is 1.97 bits per heavy atom. The van der Waals surface area contributed by atoms with Crippen molar-refractivity contribution in [2.45, 2.75) is 25.2 Å². The van der Waals surface area contributed by atoms with E-state index in [0.717, 1.165) is 5.56 Å². The van der Waals surface area contributed by atoms with E-state index in [1.165, 1.54) is 12.4 Å². The molecule has 3 rings (SSSR count). The van der Waals surface area contributed by atoms with Crippen molar-refractivity contribution >= 4 is 17.5 Å². The topological polar surface area (TPSA) is 64.1 Å². The van der Waals surface area contributed by atoms with Gasteiger partial charge < -0.3 is 10.1 Å². The Morgan fingerprint density at radius 3 is 2.66 bits per heavy atom. The fraction of sp³-hybridized carbons (Fsp3) is 0.200. The van der Waals surface area contributed by atoms with Crippen LogP contribution in [0.1, 0.15) is 23.7 Å². The Hall–Kier alpha value is -3.09. The van der Waals surface area contributed by atoms with Crippen LogP contribution < -0.4 is 5.32 Å². The van der Waals surface area contributed by atoms with E-state index in [1.54, 1.807) is 12.2 Å². The van der Waals surface area contributed by atoms with Crippen molar-refractivity contribution in [1.82, 2.24) is 15.3 Å². The zero-order valence-corrected chi connectivity index (χ0v) is 15.7. The van der Waals surface area contributed by atoms with Gasteiger partial charge in [-0.2, -0.15) is 13.2 Å². The Balaban J connectivity index is 1.92. The van der Waals surface area contributed by atoms with Crippen LogP contribution in [0, 0.1) is 0 Å². The van der Waals surface area contributed by atoms with Crippen LogP contribution >= 0.6 is 11.6 Å². The number of aromatic nitrogens is 2. The summed E-state index contributed by atoms with van der Waals surface area (Å²) in [6, 6.07) is 8.09. The van der Waals surface area contributed by atoms with Gasteiger partial charge in [0.25, 0.3) is 0 Å². The maximum atomic E-state index is 12.8. The lowest BCUT2D eigenvalue weighted by atomic mass is 10.0. The Bertz CT molecular complexity index is 984.